The maximum atomic E-state index is 2.40. The predicted molar refractivity (Wildman–Crippen MR) is 199 cm³/mol. The molecular formula is C46H29N. The second-order valence-corrected chi connectivity index (χ2v) is 12.5. The lowest BCUT2D eigenvalue weighted by atomic mass is 9.93. The Labute approximate surface area is 273 Å². The van der Waals surface area contributed by atoms with Crippen molar-refractivity contribution in [3.8, 4) is 61.3 Å². The van der Waals surface area contributed by atoms with Gasteiger partial charge in [-0.15, -0.1) is 0 Å². The van der Waals surface area contributed by atoms with Gasteiger partial charge in [0, 0.05) is 16.5 Å². The molecule has 218 valence electrons. The number of hydrogen-bond acceptors (Lipinski definition) is 0. The van der Waals surface area contributed by atoms with E-state index in [1.165, 1.54) is 93.9 Å². The van der Waals surface area contributed by atoms with Crippen molar-refractivity contribution in [2.45, 2.75) is 0 Å². The van der Waals surface area contributed by atoms with Crippen LogP contribution < -0.4 is 0 Å². The molecule has 8 aromatic carbocycles. The Morgan fingerprint density at radius 2 is 0.851 bits per heavy atom. The maximum absolute atomic E-state index is 2.40. The molecule has 1 aliphatic carbocycles. The molecule has 0 spiro atoms. The molecule has 1 heteroatoms. The van der Waals surface area contributed by atoms with Crippen LogP contribution >= 0.6 is 0 Å². The number of benzene rings is 8. The largest absolute Gasteiger partial charge is 0.309 e. The van der Waals surface area contributed by atoms with Crippen LogP contribution in [0.2, 0.25) is 0 Å². The van der Waals surface area contributed by atoms with E-state index >= 15 is 0 Å². The third kappa shape index (κ3) is 3.97. The normalized spacial score (nSPS) is 11.8. The van der Waals surface area contributed by atoms with Crippen molar-refractivity contribution in [2.75, 3.05) is 0 Å². The van der Waals surface area contributed by atoms with Crippen molar-refractivity contribution in [3.63, 3.8) is 0 Å². The van der Waals surface area contributed by atoms with Gasteiger partial charge in [0.25, 0.3) is 0 Å². The average Bonchev–Trinajstić information content (AvgIpc) is 3.65. The standard InChI is InChI=1S/C46H29N/c1-3-10-30(11-4-1)31-18-20-32(21-19-31)36-25-26-41-37-24-22-33(28-42(37)40-16-9-15-39(36)46(40)41)34-23-27-45-43(29-34)38-14-7-8-17-44(38)47(45)35-12-5-2-6-13-35/h1-29H. The lowest BCUT2D eigenvalue weighted by Gasteiger charge is -2.10. The van der Waals surface area contributed by atoms with Crippen LogP contribution in [0.5, 0.6) is 0 Å². The van der Waals surface area contributed by atoms with Crippen LogP contribution in [0.3, 0.4) is 0 Å². The Bertz CT molecular complexity index is 2640. The van der Waals surface area contributed by atoms with Crippen LogP contribution in [0.15, 0.2) is 176 Å². The Kier molecular flexibility index (Phi) is 5.64. The lowest BCUT2D eigenvalue weighted by molar-refractivity contribution is 1.18. The van der Waals surface area contributed by atoms with Crippen molar-refractivity contribution in [3.05, 3.63) is 176 Å². The molecule has 10 rings (SSSR count). The smallest absolute Gasteiger partial charge is 0.0541 e. The van der Waals surface area contributed by atoms with E-state index in [0.717, 1.165) is 0 Å². The van der Waals surface area contributed by atoms with Crippen LogP contribution in [0.25, 0.3) is 93.9 Å². The number of para-hydroxylation sites is 2. The Balaban J connectivity index is 1.08. The van der Waals surface area contributed by atoms with Gasteiger partial charge in [0.2, 0.25) is 0 Å². The monoisotopic (exact) mass is 595 g/mol. The summed E-state index contributed by atoms with van der Waals surface area (Å²) in [5, 5.41) is 5.21. The summed E-state index contributed by atoms with van der Waals surface area (Å²) in [6.07, 6.45) is 0. The van der Waals surface area contributed by atoms with E-state index in [4.69, 9.17) is 0 Å². The van der Waals surface area contributed by atoms with Crippen LogP contribution in [-0.4, -0.2) is 4.57 Å². The molecular weight excluding hydrogens is 567 g/mol. The minimum atomic E-state index is 1.18. The summed E-state index contributed by atoms with van der Waals surface area (Å²) >= 11 is 0. The molecule has 0 saturated carbocycles. The van der Waals surface area contributed by atoms with Crippen LogP contribution in [0, 0.1) is 0 Å². The van der Waals surface area contributed by atoms with Gasteiger partial charge >= 0.3 is 0 Å². The van der Waals surface area contributed by atoms with E-state index in [1.807, 2.05) is 0 Å². The fraction of sp³-hybridized carbons (Fsp3) is 0. The van der Waals surface area contributed by atoms with E-state index in [-0.39, 0.29) is 0 Å². The van der Waals surface area contributed by atoms with Crippen molar-refractivity contribution in [1.82, 2.24) is 4.57 Å². The molecule has 0 saturated heterocycles. The summed E-state index contributed by atoms with van der Waals surface area (Å²) in [6, 6.07) is 64.4. The van der Waals surface area contributed by atoms with Gasteiger partial charge < -0.3 is 4.57 Å². The van der Waals surface area contributed by atoms with Crippen LogP contribution in [-0.2, 0) is 0 Å². The molecule has 0 unspecified atom stereocenters. The molecule has 0 fully saturated rings. The highest BCUT2D eigenvalue weighted by Gasteiger charge is 2.23. The zero-order valence-electron chi connectivity index (χ0n) is 25.7. The van der Waals surface area contributed by atoms with E-state index in [2.05, 4.69) is 180 Å². The summed E-state index contributed by atoms with van der Waals surface area (Å²) in [7, 11) is 0. The molecule has 0 aliphatic heterocycles. The van der Waals surface area contributed by atoms with E-state index in [0.29, 0.717) is 0 Å². The van der Waals surface area contributed by atoms with Gasteiger partial charge in [0.15, 0.2) is 0 Å². The van der Waals surface area contributed by atoms with Crippen LogP contribution in [0.1, 0.15) is 0 Å². The topological polar surface area (TPSA) is 4.93 Å². The molecule has 0 radical (unpaired) electrons. The molecule has 9 aromatic rings. The number of aromatic nitrogens is 1. The van der Waals surface area contributed by atoms with Gasteiger partial charge in [0.1, 0.15) is 0 Å². The van der Waals surface area contributed by atoms with E-state index in [1.54, 1.807) is 0 Å². The summed E-state index contributed by atoms with van der Waals surface area (Å²) in [5.41, 5.74) is 16.4. The molecule has 0 atom stereocenters. The fourth-order valence-electron chi connectivity index (χ4n) is 7.77. The second-order valence-electron chi connectivity index (χ2n) is 12.5. The fourth-order valence-corrected chi connectivity index (χ4v) is 7.77. The van der Waals surface area contributed by atoms with Gasteiger partial charge in [-0.3, -0.25) is 0 Å². The molecule has 0 bridgehead atoms. The van der Waals surface area contributed by atoms with Gasteiger partial charge in [-0.25, -0.2) is 0 Å². The quantitative estimate of drug-likeness (QED) is 0.191. The zero-order chi connectivity index (χ0) is 30.9. The third-order valence-corrected chi connectivity index (χ3v) is 9.96. The summed E-state index contributed by atoms with van der Waals surface area (Å²) in [6.45, 7) is 0. The Morgan fingerprint density at radius 1 is 0.277 bits per heavy atom. The van der Waals surface area contributed by atoms with E-state index in [9.17, 15) is 0 Å². The Morgan fingerprint density at radius 3 is 1.70 bits per heavy atom. The van der Waals surface area contributed by atoms with Gasteiger partial charge in [-0.1, -0.05) is 140 Å². The van der Waals surface area contributed by atoms with Gasteiger partial charge in [0.05, 0.1) is 11.0 Å². The second kappa shape index (κ2) is 10.2. The molecule has 0 N–H and O–H groups in total. The average molecular weight is 596 g/mol. The van der Waals surface area contributed by atoms with Crippen molar-refractivity contribution in [2.24, 2.45) is 0 Å². The predicted octanol–water partition coefficient (Wildman–Crippen LogP) is 12.6. The highest BCUT2D eigenvalue weighted by Crippen LogP contribution is 2.50. The SMILES string of the molecule is c1ccc(-c2ccc(-c3ccc4c5c(cccc35)-c3cc(-c5ccc6c(c5)c5ccccc5n6-c5ccccc5)ccc3-4)cc2)cc1. The first-order chi connectivity index (χ1) is 23.3. The van der Waals surface area contributed by atoms with Crippen molar-refractivity contribution >= 4 is 32.6 Å². The summed E-state index contributed by atoms with van der Waals surface area (Å²) in [4.78, 5) is 0. The number of rotatable bonds is 4. The molecule has 1 aromatic heterocycles. The minimum absolute atomic E-state index is 1.18. The molecule has 47 heavy (non-hydrogen) atoms. The highest BCUT2D eigenvalue weighted by molar-refractivity contribution is 6.19. The summed E-state index contributed by atoms with van der Waals surface area (Å²) in [5.74, 6) is 0. The third-order valence-electron chi connectivity index (χ3n) is 9.96. The molecule has 1 aliphatic rings. The first-order valence-electron chi connectivity index (χ1n) is 16.3. The Hall–Kier alpha value is -6.18. The molecule has 0 amide bonds. The zero-order valence-corrected chi connectivity index (χ0v) is 25.7. The minimum Gasteiger partial charge on any atom is -0.309 e. The number of hydrogen-bond donors (Lipinski definition) is 0. The van der Waals surface area contributed by atoms with Gasteiger partial charge in [-0.2, -0.15) is 0 Å². The van der Waals surface area contributed by atoms with Crippen molar-refractivity contribution in [1.29, 1.82) is 0 Å². The number of nitrogens with zero attached hydrogens (tertiary/aromatic N) is 1. The lowest BCUT2D eigenvalue weighted by Crippen LogP contribution is -1.92. The first-order valence-corrected chi connectivity index (χ1v) is 16.3. The molecule has 1 heterocycles. The highest BCUT2D eigenvalue weighted by atomic mass is 15.0. The summed E-state index contributed by atoms with van der Waals surface area (Å²) < 4.78 is 2.38. The van der Waals surface area contributed by atoms with Gasteiger partial charge in [-0.05, 0) is 103 Å². The first kappa shape index (κ1) is 26.1. The van der Waals surface area contributed by atoms with Crippen molar-refractivity contribution < 1.29 is 0 Å². The maximum Gasteiger partial charge on any atom is 0.0541 e. The van der Waals surface area contributed by atoms with Crippen LogP contribution in [0.4, 0.5) is 0 Å². The van der Waals surface area contributed by atoms with E-state index < -0.39 is 0 Å². The molecule has 1 nitrogen and oxygen atoms in total. The number of fused-ring (bicyclic) bond motifs is 6.